The summed E-state index contributed by atoms with van der Waals surface area (Å²) >= 11 is 3.02. The third-order valence-electron chi connectivity index (χ3n) is 4.80. The number of phenols is 1. The van der Waals surface area contributed by atoms with Crippen LogP contribution in [0.15, 0.2) is 50.9 Å². The van der Waals surface area contributed by atoms with Crippen molar-refractivity contribution in [3.63, 3.8) is 0 Å². The van der Waals surface area contributed by atoms with Gasteiger partial charge in [-0.2, -0.15) is 9.41 Å². The van der Waals surface area contributed by atoms with Crippen LogP contribution in [0.3, 0.4) is 0 Å². The number of sulfonamides is 1. The van der Waals surface area contributed by atoms with Crippen LogP contribution in [0.4, 0.5) is 5.69 Å². The lowest BCUT2D eigenvalue weighted by atomic mass is 10.2. The minimum atomic E-state index is -3.74. The predicted octanol–water partition coefficient (Wildman–Crippen LogP) is 2.62. The maximum Gasteiger partial charge on any atom is 0.271 e. The number of halogens is 1. The van der Waals surface area contributed by atoms with Gasteiger partial charge >= 0.3 is 0 Å². The van der Waals surface area contributed by atoms with Gasteiger partial charge in [0.2, 0.25) is 10.0 Å². The van der Waals surface area contributed by atoms with E-state index in [0.717, 1.165) is 18.3 Å². The molecular formula is C20H21BrN4O7S. The number of nitrogens with one attached hydrogen (secondary N) is 1. The van der Waals surface area contributed by atoms with Gasteiger partial charge in [-0.15, -0.1) is 0 Å². The standard InChI is InChI=1S/C20H21BrN4O7S/c1-12-10-24(11-13(2)32-12)33(30,31)17-5-3-14(4-6-17)20(27)23-22-9-15-7-16(25(28)29)8-18(21)19(15)26/h3-9,12-13,26H,10-11H2,1-2H3,(H,23,27)/b22-9+. The summed E-state index contributed by atoms with van der Waals surface area (Å²) in [6.45, 7) is 4.09. The second-order valence-electron chi connectivity index (χ2n) is 7.43. The van der Waals surface area contributed by atoms with Crippen LogP contribution >= 0.6 is 15.9 Å². The van der Waals surface area contributed by atoms with Crippen molar-refractivity contribution in [3.05, 3.63) is 62.1 Å². The molecule has 2 unspecified atom stereocenters. The van der Waals surface area contributed by atoms with Crippen molar-refractivity contribution in [2.45, 2.75) is 31.0 Å². The molecule has 176 valence electrons. The summed E-state index contributed by atoms with van der Waals surface area (Å²) in [7, 11) is -3.74. The van der Waals surface area contributed by atoms with Gasteiger partial charge in [0, 0.05) is 36.3 Å². The SMILES string of the molecule is CC1CN(S(=O)(=O)c2ccc(C(=O)N/N=C/c3cc([N+](=O)[O-])cc(Br)c3O)cc2)CC(C)O1. The fraction of sp³-hybridized carbons (Fsp3) is 0.300. The van der Waals surface area contributed by atoms with Crippen LogP contribution in [0.1, 0.15) is 29.8 Å². The summed E-state index contributed by atoms with van der Waals surface area (Å²) in [6, 6.07) is 7.62. The van der Waals surface area contributed by atoms with Gasteiger partial charge in [-0.1, -0.05) is 0 Å². The van der Waals surface area contributed by atoms with E-state index in [1.807, 2.05) is 0 Å². The van der Waals surface area contributed by atoms with E-state index in [1.54, 1.807) is 13.8 Å². The number of nitro groups is 1. The lowest BCUT2D eigenvalue weighted by Gasteiger charge is -2.34. The van der Waals surface area contributed by atoms with Gasteiger partial charge in [0.05, 0.1) is 32.7 Å². The Morgan fingerprint density at radius 2 is 1.88 bits per heavy atom. The van der Waals surface area contributed by atoms with Gasteiger partial charge < -0.3 is 9.84 Å². The van der Waals surface area contributed by atoms with Gasteiger partial charge in [0.25, 0.3) is 11.6 Å². The molecule has 0 aliphatic carbocycles. The number of aromatic hydroxyl groups is 1. The van der Waals surface area contributed by atoms with Crippen LogP contribution in [-0.2, 0) is 14.8 Å². The van der Waals surface area contributed by atoms with Crippen molar-refractivity contribution >= 4 is 43.8 Å². The fourth-order valence-electron chi connectivity index (χ4n) is 3.29. The quantitative estimate of drug-likeness (QED) is 0.324. The molecule has 0 spiro atoms. The Balaban J connectivity index is 1.71. The molecule has 11 nitrogen and oxygen atoms in total. The molecule has 2 aromatic carbocycles. The molecule has 3 rings (SSSR count). The molecule has 0 saturated carbocycles. The van der Waals surface area contributed by atoms with Gasteiger partial charge in [-0.25, -0.2) is 13.8 Å². The highest BCUT2D eigenvalue weighted by Crippen LogP contribution is 2.31. The van der Waals surface area contributed by atoms with Crippen molar-refractivity contribution in [1.29, 1.82) is 0 Å². The number of hydrazone groups is 1. The molecule has 1 heterocycles. The summed E-state index contributed by atoms with van der Waals surface area (Å²) in [5.74, 6) is -0.910. The maximum atomic E-state index is 12.9. The molecule has 1 aliphatic rings. The Hall–Kier alpha value is -2.87. The van der Waals surface area contributed by atoms with Crippen LogP contribution in [0.25, 0.3) is 0 Å². The Labute approximate surface area is 198 Å². The molecule has 0 bridgehead atoms. The highest BCUT2D eigenvalue weighted by molar-refractivity contribution is 9.10. The first kappa shape index (κ1) is 24.8. The molecule has 1 fully saturated rings. The Morgan fingerprint density at radius 3 is 2.45 bits per heavy atom. The maximum absolute atomic E-state index is 12.9. The van der Waals surface area contributed by atoms with Gasteiger partial charge in [-0.3, -0.25) is 14.9 Å². The number of amides is 1. The second-order valence-corrected chi connectivity index (χ2v) is 10.2. The van der Waals surface area contributed by atoms with E-state index in [-0.39, 0.29) is 57.2 Å². The summed E-state index contributed by atoms with van der Waals surface area (Å²) in [5, 5.41) is 24.7. The molecule has 2 atom stereocenters. The van der Waals surface area contributed by atoms with E-state index >= 15 is 0 Å². The largest absolute Gasteiger partial charge is 0.506 e. The first-order valence-electron chi connectivity index (χ1n) is 9.75. The molecule has 1 saturated heterocycles. The molecule has 13 heteroatoms. The van der Waals surface area contributed by atoms with Crippen molar-refractivity contribution in [1.82, 2.24) is 9.73 Å². The van der Waals surface area contributed by atoms with Gasteiger partial charge in [0.1, 0.15) is 5.75 Å². The first-order valence-corrected chi connectivity index (χ1v) is 12.0. The van der Waals surface area contributed by atoms with E-state index in [2.05, 4.69) is 26.5 Å². The third kappa shape index (κ3) is 5.74. The lowest BCUT2D eigenvalue weighted by Crippen LogP contribution is -2.48. The summed E-state index contributed by atoms with van der Waals surface area (Å²) in [5.41, 5.74) is 2.14. The predicted molar refractivity (Wildman–Crippen MR) is 123 cm³/mol. The molecule has 1 aliphatic heterocycles. The monoisotopic (exact) mass is 540 g/mol. The number of hydrogen-bond acceptors (Lipinski definition) is 8. The molecular weight excluding hydrogens is 520 g/mol. The van der Waals surface area contributed by atoms with Crippen LogP contribution in [0, 0.1) is 10.1 Å². The zero-order valence-corrected chi connectivity index (χ0v) is 20.0. The van der Waals surface area contributed by atoms with E-state index in [0.29, 0.717) is 0 Å². The van der Waals surface area contributed by atoms with Crippen molar-refractivity contribution < 1.29 is 28.0 Å². The Bertz CT molecular complexity index is 1190. The number of nitrogens with zero attached hydrogens (tertiary/aromatic N) is 3. The first-order chi connectivity index (χ1) is 15.5. The fourth-order valence-corrected chi connectivity index (χ4v) is 5.34. The van der Waals surface area contributed by atoms with Crippen molar-refractivity contribution in [3.8, 4) is 5.75 Å². The second kappa shape index (κ2) is 9.95. The van der Waals surface area contributed by atoms with Crippen molar-refractivity contribution in [2.24, 2.45) is 5.10 Å². The van der Waals surface area contributed by atoms with Crippen LogP contribution < -0.4 is 5.43 Å². The molecule has 33 heavy (non-hydrogen) atoms. The van der Waals surface area contributed by atoms with E-state index in [4.69, 9.17) is 4.74 Å². The third-order valence-corrected chi connectivity index (χ3v) is 7.25. The zero-order chi connectivity index (χ0) is 24.3. The highest BCUT2D eigenvalue weighted by Gasteiger charge is 2.32. The molecule has 2 N–H and O–H groups in total. The van der Waals surface area contributed by atoms with E-state index < -0.39 is 20.9 Å². The molecule has 2 aromatic rings. The number of carbonyl (C=O) groups excluding carboxylic acids is 1. The number of morpholine rings is 1. The normalized spacial score (nSPS) is 19.5. The number of carbonyl (C=O) groups is 1. The smallest absolute Gasteiger partial charge is 0.271 e. The van der Waals surface area contributed by atoms with Crippen LogP contribution in [0.5, 0.6) is 5.75 Å². The number of non-ortho nitro benzene ring substituents is 1. The number of rotatable bonds is 6. The van der Waals surface area contributed by atoms with Crippen LogP contribution in [-0.4, -0.2) is 60.2 Å². The number of phenolic OH excluding ortho intramolecular Hbond substituents is 1. The Morgan fingerprint density at radius 1 is 1.27 bits per heavy atom. The molecule has 0 radical (unpaired) electrons. The average molecular weight is 541 g/mol. The highest BCUT2D eigenvalue weighted by atomic mass is 79.9. The van der Waals surface area contributed by atoms with Crippen LogP contribution in [0.2, 0.25) is 0 Å². The summed E-state index contributed by atoms with van der Waals surface area (Å²) in [6.07, 6.45) is 0.611. The zero-order valence-electron chi connectivity index (χ0n) is 17.6. The number of nitro benzene ring substituents is 1. The van der Waals surface area contributed by atoms with E-state index in [1.165, 1.54) is 28.6 Å². The average Bonchev–Trinajstić information content (AvgIpc) is 2.75. The lowest BCUT2D eigenvalue weighted by molar-refractivity contribution is -0.385. The molecule has 1 amide bonds. The minimum absolute atomic E-state index is 0.0202. The number of benzene rings is 2. The topological polar surface area (TPSA) is 151 Å². The van der Waals surface area contributed by atoms with Crippen molar-refractivity contribution in [2.75, 3.05) is 13.1 Å². The van der Waals surface area contributed by atoms with Gasteiger partial charge in [0.15, 0.2) is 0 Å². The Kier molecular flexibility index (Phi) is 7.47. The molecule has 0 aromatic heterocycles. The number of hydrogen-bond donors (Lipinski definition) is 2. The summed E-state index contributed by atoms with van der Waals surface area (Å²) < 4.78 is 32.8. The van der Waals surface area contributed by atoms with E-state index in [9.17, 15) is 28.4 Å². The number of ether oxygens (including phenoxy) is 1. The summed E-state index contributed by atoms with van der Waals surface area (Å²) in [4.78, 5) is 22.7. The van der Waals surface area contributed by atoms with Gasteiger partial charge in [-0.05, 0) is 54.0 Å². The minimum Gasteiger partial charge on any atom is -0.506 e.